The highest BCUT2D eigenvalue weighted by molar-refractivity contribution is 5.76. The van der Waals surface area contributed by atoms with E-state index in [1.807, 2.05) is 5.32 Å². The monoisotopic (exact) mass is 115 g/mol. The first-order chi connectivity index (χ1) is 3.85. The van der Waals surface area contributed by atoms with E-state index in [-0.39, 0.29) is 5.70 Å². The summed E-state index contributed by atoms with van der Waals surface area (Å²) in [6.45, 7) is 0. The average molecular weight is 115 g/mol. The van der Waals surface area contributed by atoms with E-state index in [2.05, 4.69) is 0 Å². The van der Waals surface area contributed by atoms with Gasteiger partial charge in [0.15, 0.2) is 6.29 Å². The van der Waals surface area contributed by atoms with Gasteiger partial charge in [-0.3, -0.25) is 9.59 Å². The summed E-state index contributed by atoms with van der Waals surface area (Å²) in [5.41, 5.74) is -0.153. The van der Waals surface area contributed by atoms with Gasteiger partial charge < -0.3 is 10.4 Å². The highest BCUT2D eigenvalue weighted by Gasteiger charge is 1.86. The predicted molar refractivity (Wildman–Crippen MR) is 26.0 cm³/mol. The second kappa shape index (κ2) is 3.86. The van der Waals surface area contributed by atoms with Crippen LogP contribution in [0.2, 0.25) is 0 Å². The molecule has 0 aromatic heterocycles. The molecule has 0 bridgehead atoms. The number of carbonyl (C=O) groups excluding carboxylic acids is 2. The number of hydrogen-bond acceptors (Lipinski definition) is 3. The van der Waals surface area contributed by atoms with Gasteiger partial charge in [0.05, 0.1) is 0 Å². The van der Waals surface area contributed by atoms with E-state index in [1.165, 1.54) is 0 Å². The lowest BCUT2D eigenvalue weighted by atomic mass is 10.5. The molecular formula is C4H5NO3. The third kappa shape index (κ3) is 1.96. The molecule has 0 radical (unpaired) electrons. The van der Waals surface area contributed by atoms with Gasteiger partial charge in [-0.1, -0.05) is 0 Å². The first-order valence-electron chi connectivity index (χ1n) is 1.85. The number of aliphatic hydroxyl groups excluding tert-OH is 1. The second-order valence-corrected chi connectivity index (χ2v) is 0.964. The minimum Gasteiger partial charge on any atom is -0.513 e. The maximum Gasteiger partial charge on any atom is 0.211 e. The van der Waals surface area contributed by atoms with Gasteiger partial charge in [-0.25, -0.2) is 0 Å². The van der Waals surface area contributed by atoms with Crippen molar-refractivity contribution < 1.29 is 14.7 Å². The van der Waals surface area contributed by atoms with Gasteiger partial charge in [-0.15, -0.1) is 0 Å². The summed E-state index contributed by atoms with van der Waals surface area (Å²) in [6, 6.07) is 0. The highest BCUT2D eigenvalue weighted by Crippen LogP contribution is 1.73. The SMILES string of the molecule is O=CN/C(C=O)=C/O. The Labute approximate surface area is 45.8 Å². The van der Waals surface area contributed by atoms with Crippen molar-refractivity contribution in [2.45, 2.75) is 0 Å². The molecule has 0 aliphatic carbocycles. The Bertz CT molecular complexity index is 118. The van der Waals surface area contributed by atoms with Crippen LogP contribution in [0, 0.1) is 0 Å². The molecule has 0 spiro atoms. The summed E-state index contributed by atoms with van der Waals surface area (Å²) < 4.78 is 0. The first kappa shape index (κ1) is 6.68. The topological polar surface area (TPSA) is 66.4 Å². The van der Waals surface area contributed by atoms with Gasteiger partial charge in [-0.2, -0.15) is 0 Å². The van der Waals surface area contributed by atoms with Gasteiger partial charge in [0, 0.05) is 0 Å². The van der Waals surface area contributed by atoms with Crippen LogP contribution in [-0.4, -0.2) is 17.8 Å². The largest absolute Gasteiger partial charge is 0.513 e. The zero-order valence-corrected chi connectivity index (χ0v) is 4.00. The van der Waals surface area contributed by atoms with Crippen LogP contribution in [0.3, 0.4) is 0 Å². The van der Waals surface area contributed by atoms with Crippen LogP contribution in [0.5, 0.6) is 0 Å². The summed E-state index contributed by atoms with van der Waals surface area (Å²) >= 11 is 0. The van der Waals surface area contributed by atoms with E-state index in [9.17, 15) is 9.59 Å². The molecule has 44 valence electrons. The van der Waals surface area contributed by atoms with Gasteiger partial charge in [0.1, 0.15) is 12.0 Å². The molecule has 1 amide bonds. The van der Waals surface area contributed by atoms with Crippen molar-refractivity contribution in [2.75, 3.05) is 0 Å². The standard InChI is InChI=1S/C4H5NO3/c6-1-4(2-7)5-3-8/h1-3,6H,(H,5,8)/b4-1+. The molecule has 0 saturated carbocycles. The molecule has 2 N–H and O–H groups in total. The maximum atomic E-state index is 9.68. The smallest absolute Gasteiger partial charge is 0.211 e. The number of aldehydes is 1. The summed E-state index contributed by atoms with van der Waals surface area (Å²) in [5, 5.41) is 9.99. The Hall–Kier alpha value is -1.32. The maximum absolute atomic E-state index is 9.68. The van der Waals surface area contributed by atoms with Crippen molar-refractivity contribution >= 4 is 12.7 Å². The number of hydrogen-bond donors (Lipinski definition) is 2. The minimum atomic E-state index is -0.153. The van der Waals surface area contributed by atoms with Gasteiger partial charge >= 0.3 is 0 Å². The number of allylic oxidation sites excluding steroid dienone is 1. The lowest BCUT2D eigenvalue weighted by molar-refractivity contribution is -0.111. The Morgan fingerprint density at radius 2 is 2.12 bits per heavy atom. The first-order valence-corrected chi connectivity index (χ1v) is 1.85. The molecule has 0 aliphatic rings. The fraction of sp³-hybridized carbons (Fsp3) is 0. The predicted octanol–water partition coefficient (Wildman–Crippen LogP) is -0.669. The number of amides is 1. The molecule has 0 aliphatic heterocycles. The lowest BCUT2D eigenvalue weighted by Gasteiger charge is -1.87. The molecule has 4 nitrogen and oxygen atoms in total. The lowest BCUT2D eigenvalue weighted by Crippen LogP contribution is -2.10. The fourth-order valence-electron chi connectivity index (χ4n) is 0.170. The van der Waals surface area contributed by atoms with Gasteiger partial charge in [0.25, 0.3) is 0 Å². The third-order valence-electron chi connectivity index (χ3n) is 0.492. The van der Waals surface area contributed by atoms with Crippen molar-refractivity contribution in [3.63, 3.8) is 0 Å². The quantitative estimate of drug-likeness (QED) is 0.291. The third-order valence-corrected chi connectivity index (χ3v) is 0.492. The van der Waals surface area contributed by atoms with Gasteiger partial charge in [0.2, 0.25) is 6.41 Å². The normalized spacial score (nSPS) is 10.2. The molecule has 0 atom stereocenters. The van der Waals surface area contributed by atoms with Crippen LogP contribution < -0.4 is 5.32 Å². The highest BCUT2D eigenvalue weighted by atomic mass is 16.2. The average Bonchev–Trinajstić information content (AvgIpc) is 1.83. The number of nitrogens with one attached hydrogen (secondary N) is 1. The van der Waals surface area contributed by atoms with Crippen LogP contribution in [0.1, 0.15) is 0 Å². The van der Waals surface area contributed by atoms with E-state index >= 15 is 0 Å². The molecular weight excluding hydrogens is 110 g/mol. The van der Waals surface area contributed by atoms with Crippen LogP contribution in [0.25, 0.3) is 0 Å². The molecule has 0 aromatic carbocycles. The van der Waals surface area contributed by atoms with Crippen molar-refractivity contribution in [2.24, 2.45) is 0 Å². The zero-order chi connectivity index (χ0) is 6.41. The Morgan fingerprint density at radius 3 is 2.25 bits per heavy atom. The summed E-state index contributed by atoms with van der Waals surface area (Å²) in [7, 11) is 0. The van der Waals surface area contributed by atoms with Gasteiger partial charge in [-0.05, 0) is 0 Å². The van der Waals surface area contributed by atoms with Crippen LogP contribution in [0.15, 0.2) is 12.0 Å². The van der Waals surface area contributed by atoms with Crippen molar-refractivity contribution in [1.82, 2.24) is 5.32 Å². The Kier molecular flexibility index (Phi) is 3.22. The molecule has 8 heavy (non-hydrogen) atoms. The summed E-state index contributed by atoms with van der Waals surface area (Å²) in [6.07, 6.45) is 1.15. The van der Waals surface area contributed by atoms with E-state index < -0.39 is 0 Å². The number of rotatable bonds is 3. The molecule has 0 heterocycles. The molecule has 0 unspecified atom stereocenters. The van der Waals surface area contributed by atoms with Crippen molar-refractivity contribution in [3.8, 4) is 0 Å². The minimum absolute atomic E-state index is 0.153. The van der Waals surface area contributed by atoms with Crippen molar-refractivity contribution in [3.05, 3.63) is 12.0 Å². The van der Waals surface area contributed by atoms with E-state index in [4.69, 9.17) is 5.11 Å². The molecule has 0 aromatic rings. The zero-order valence-electron chi connectivity index (χ0n) is 4.00. The molecule has 0 saturated heterocycles. The van der Waals surface area contributed by atoms with Crippen molar-refractivity contribution in [1.29, 1.82) is 0 Å². The number of carbonyl (C=O) groups is 2. The number of aliphatic hydroxyl groups is 1. The molecule has 4 heteroatoms. The second-order valence-electron chi connectivity index (χ2n) is 0.964. The van der Waals surface area contributed by atoms with E-state index in [1.54, 1.807) is 0 Å². The summed E-state index contributed by atoms with van der Waals surface area (Å²) in [5.74, 6) is 0. The Balaban J connectivity index is 3.71. The fourth-order valence-corrected chi connectivity index (χ4v) is 0.170. The van der Waals surface area contributed by atoms with Crippen LogP contribution in [-0.2, 0) is 9.59 Å². The van der Waals surface area contributed by atoms with Crippen LogP contribution >= 0.6 is 0 Å². The summed E-state index contributed by atoms with van der Waals surface area (Å²) in [4.78, 5) is 19.2. The van der Waals surface area contributed by atoms with E-state index in [0.29, 0.717) is 19.0 Å². The van der Waals surface area contributed by atoms with Crippen LogP contribution in [0.4, 0.5) is 0 Å². The van der Waals surface area contributed by atoms with E-state index in [0.717, 1.165) is 0 Å². The Morgan fingerprint density at radius 1 is 1.50 bits per heavy atom. The molecule has 0 fully saturated rings. The molecule has 0 rings (SSSR count).